The molecule has 1 aromatic carbocycles. The maximum atomic E-state index is 12.1. The van der Waals surface area contributed by atoms with Gasteiger partial charge in [-0.1, -0.05) is 23.2 Å². The summed E-state index contributed by atoms with van der Waals surface area (Å²) < 4.78 is 0. The molecule has 1 atom stereocenters. The number of hydrogen-bond acceptors (Lipinski definition) is 3. The summed E-state index contributed by atoms with van der Waals surface area (Å²) in [6, 6.07) is 4.47. The van der Waals surface area contributed by atoms with Crippen molar-refractivity contribution in [1.82, 2.24) is 0 Å². The molecule has 4 nitrogen and oxygen atoms in total. The van der Waals surface area contributed by atoms with E-state index in [1.54, 1.807) is 6.07 Å². The standard InChI is InChI=1S/C12H11Cl2NO3/c13-8-4-5-10(14)9(7-8)12(15(17)18)6-2-1-3-11(12)16/h4-5,7H,1-3,6H2. The summed E-state index contributed by atoms with van der Waals surface area (Å²) in [5, 5.41) is 12.0. The Morgan fingerprint density at radius 2 is 2.00 bits per heavy atom. The summed E-state index contributed by atoms with van der Waals surface area (Å²) in [4.78, 5) is 23.0. The first-order valence-electron chi connectivity index (χ1n) is 5.62. The molecule has 0 heterocycles. The SMILES string of the molecule is O=C1CCCCC1(c1cc(Cl)ccc1Cl)[N+](=O)[O-]. The molecule has 0 N–H and O–H groups in total. The highest BCUT2D eigenvalue weighted by Gasteiger charge is 2.54. The smallest absolute Gasteiger partial charge is 0.291 e. The minimum atomic E-state index is -1.72. The molecule has 6 heteroatoms. The van der Waals surface area contributed by atoms with Crippen LogP contribution in [0.1, 0.15) is 31.2 Å². The number of carbonyl (C=O) groups excluding carboxylic acids is 1. The Balaban J connectivity index is 2.63. The van der Waals surface area contributed by atoms with Crippen molar-refractivity contribution in [3.63, 3.8) is 0 Å². The van der Waals surface area contributed by atoms with Crippen LogP contribution in [0.25, 0.3) is 0 Å². The van der Waals surface area contributed by atoms with E-state index < -0.39 is 10.5 Å². The van der Waals surface area contributed by atoms with Crippen LogP contribution in [0.3, 0.4) is 0 Å². The van der Waals surface area contributed by atoms with Gasteiger partial charge in [-0.25, -0.2) is 0 Å². The van der Waals surface area contributed by atoms with Gasteiger partial charge in [0.05, 0.1) is 10.6 Å². The summed E-state index contributed by atoms with van der Waals surface area (Å²) in [6.07, 6.45) is 1.71. The molecule has 1 fully saturated rings. The van der Waals surface area contributed by atoms with Gasteiger partial charge < -0.3 is 0 Å². The third-order valence-electron chi connectivity index (χ3n) is 3.34. The van der Waals surface area contributed by atoms with Gasteiger partial charge in [-0.15, -0.1) is 0 Å². The van der Waals surface area contributed by atoms with E-state index in [0.717, 1.165) is 0 Å². The van der Waals surface area contributed by atoms with Crippen LogP contribution in [0.15, 0.2) is 18.2 Å². The molecule has 0 amide bonds. The fourth-order valence-corrected chi connectivity index (χ4v) is 2.85. The highest BCUT2D eigenvalue weighted by Crippen LogP contribution is 2.41. The third kappa shape index (κ3) is 1.99. The van der Waals surface area contributed by atoms with Gasteiger partial charge in [-0.2, -0.15) is 0 Å². The Labute approximate surface area is 114 Å². The van der Waals surface area contributed by atoms with Gasteiger partial charge in [-0.3, -0.25) is 14.9 Å². The van der Waals surface area contributed by atoms with Crippen molar-refractivity contribution in [1.29, 1.82) is 0 Å². The quantitative estimate of drug-likeness (QED) is 0.617. The molecule has 0 bridgehead atoms. The minimum Gasteiger partial charge on any atom is -0.291 e. The lowest BCUT2D eigenvalue weighted by Crippen LogP contribution is -2.45. The minimum absolute atomic E-state index is 0.179. The molecule has 1 aliphatic rings. The maximum Gasteiger partial charge on any atom is 0.305 e. The highest BCUT2D eigenvalue weighted by atomic mass is 35.5. The lowest BCUT2D eigenvalue weighted by Gasteiger charge is -2.28. The molecule has 0 spiro atoms. The van der Waals surface area contributed by atoms with Gasteiger partial charge in [0.25, 0.3) is 0 Å². The summed E-state index contributed by atoms with van der Waals surface area (Å²) >= 11 is 11.9. The number of halogens is 2. The summed E-state index contributed by atoms with van der Waals surface area (Å²) in [6.45, 7) is 0. The molecule has 2 rings (SSSR count). The molecule has 1 aliphatic carbocycles. The van der Waals surface area contributed by atoms with Crippen LogP contribution in [0.4, 0.5) is 0 Å². The van der Waals surface area contributed by atoms with Gasteiger partial charge in [0.15, 0.2) is 0 Å². The van der Waals surface area contributed by atoms with Gasteiger partial charge in [0.1, 0.15) is 0 Å². The maximum absolute atomic E-state index is 12.1. The second-order valence-corrected chi connectivity index (χ2v) is 5.22. The number of nitro groups is 1. The normalized spacial score (nSPS) is 24.0. The number of ketones is 1. The zero-order valence-electron chi connectivity index (χ0n) is 9.49. The average molecular weight is 288 g/mol. The summed E-state index contributed by atoms with van der Waals surface area (Å²) in [7, 11) is 0. The summed E-state index contributed by atoms with van der Waals surface area (Å²) in [5.74, 6) is -0.386. The van der Waals surface area contributed by atoms with E-state index in [0.29, 0.717) is 17.9 Å². The zero-order chi connectivity index (χ0) is 13.3. The van der Waals surface area contributed by atoms with Crippen LogP contribution in [0.5, 0.6) is 0 Å². The first-order chi connectivity index (χ1) is 8.48. The van der Waals surface area contributed by atoms with Crippen LogP contribution >= 0.6 is 23.2 Å². The number of nitrogens with zero attached hydrogens (tertiary/aromatic N) is 1. The number of carbonyl (C=O) groups is 1. The number of hydrogen-bond donors (Lipinski definition) is 0. The Morgan fingerprint density at radius 3 is 2.61 bits per heavy atom. The third-order valence-corrected chi connectivity index (χ3v) is 3.90. The lowest BCUT2D eigenvalue weighted by molar-refractivity contribution is -0.563. The Morgan fingerprint density at radius 1 is 1.28 bits per heavy atom. The average Bonchev–Trinajstić information content (AvgIpc) is 2.33. The predicted octanol–water partition coefficient (Wildman–Crippen LogP) is 3.61. The summed E-state index contributed by atoms with van der Waals surface area (Å²) in [5.41, 5.74) is -1.51. The topological polar surface area (TPSA) is 60.2 Å². The molecule has 0 radical (unpaired) electrons. The number of Topliss-reactive ketones (excluding diaryl/α,β-unsaturated/α-hetero) is 1. The van der Waals surface area contributed by atoms with Crippen molar-refractivity contribution >= 4 is 29.0 Å². The van der Waals surface area contributed by atoms with Crippen molar-refractivity contribution < 1.29 is 9.72 Å². The Kier molecular flexibility index (Phi) is 3.59. The van der Waals surface area contributed by atoms with Gasteiger partial charge >= 0.3 is 5.54 Å². The first kappa shape index (κ1) is 13.3. The van der Waals surface area contributed by atoms with Gasteiger partial charge in [-0.05, 0) is 31.0 Å². The van der Waals surface area contributed by atoms with Crippen LogP contribution in [-0.4, -0.2) is 10.7 Å². The van der Waals surface area contributed by atoms with Crippen LogP contribution in [0.2, 0.25) is 10.0 Å². The van der Waals surface area contributed by atoms with E-state index >= 15 is 0 Å². The van der Waals surface area contributed by atoms with Crippen molar-refractivity contribution in [3.05, 3.63) is 43.9 Å². The van der Waals surface area contributed by atoms with Crippen molar-refractivity contribution in [2.75, 3.05) is 0 Å². The van der Waals surface area contributed by atoms with Crippen LogP contribution in [-0.2, 0) is 10.3 Å². The largest absolute Gasteiger partial charge is 0.305 e. The highest BCUT2D eigenvalue weighted by molar-refractivity contribution is 6.34. The zero-order valence-corrected chi connectivity index (χ0v) is 11.0. The first-order valence-corrected chi connectivity index (χ1v) is 6.37. The van der Waals surface area contributed by atoms with Crippen molar-refractivity contribution in [3.8, 4) is 0 Å². The molecule has 18 heavy (non-hydrogen) atoms. The molecular weight excluding hydrogens is 277 g/mol. The van der Waals surface area contributed by atoms with Crippen molar-refractivity contribution in [2.24, 2.45) is 0 Å². The Bertz CT molecular complexity index is 518. The fraction of sp³-hybridized carbons (Fsp3) is 0.417. The van der Waals surface area contributed by atoms with Gasteiger partial charge in [0, 0.05) is 22.8 Å². The van der Waals surface area contributed by atoms with Gasteiger partial charge in [0.2, 0.25) is 5.78 Å². The number of rotatable bonds is 2. The van der Waals surface area contributed by atoms with E-state index in [2.05, 4.69) is 0 Å². The monoisotopic (exact) mass is 287 g/mol. The molecule has 0 aromatic heterocycles. The molecule has 0 saturated heterocycles. The molecule has 1 unspecified atom stereocenters. The second kappa shape index (κ2) is 4.86. The van der Waals surface area contributed by atoms with Crippen LogP contribution in [0, 0.1) is 10.1 Å². The molecule has 0 aliphatic heterocycles. The molecule has 1 aromatic rings. The van der Waals surface area contributed by atoms with Crippen LogP contribution < -0.4 is 0 Å². The van der Waals surface area contributed by atoms with E-state index in [1.807, 2.05) is 0 Å². The van der Waals surface area contributed by atoms with E-state index in [-0.39, 0.29) is 29.2 Å². The molecular formula is C12H11Cl2NO3. The van der Waals surface area contributed by atoms with E-state index in [1.165, 1.54) is 12.1 Å². The lowest BCUT2D eigenvalue weighted by atomic mass is 9.76. The fourth-order valence-electron chi connectivity index (χ4n) is 2.40. The Hall–Kier alpha value is -1.13. The second-order valence-electron chi connectivity index (χ2n) is 4.37. The molecule has 1 saturated carbocycles. The predicted molar refractivity (Wildman–Crippen MR) is 68.6 cm³/mol. The molecule has 96 valence electrons. The van der Waals surface area contributed by atoms with E-state index in [9.17, 15) is 14.9 Å². The van der Waals surface area contributed by atoms with Crippen molar-refractivity contribution in [2.45, 2.75) is 31.2 Å². The number of benzene rings is 1. The van der Waals surface area contributed by atoms with E-state index in [4.69, 9.17) is 23.2 Å².